The molecule has 4 amide bonds. The molecule has 10 heteroatoms. The van der Waals surface area contributed by atoms with E-state index >= 15 is 0 Å². The van der Waals surface area contributed by atoms with Gasteiger partial charge in [0.2, 0.25) is 0 Å². The van der Waals surface area contributed by atoms with Gasteiger partial charge in [-0.3, -0.25) is 24.5 Å². The summed E-state index contributed by atoms with van der Waals surface area (Å²) in [6.07, 6.45) is -5.03. The number of carbonyl (C=O) groups excluding carboxylic acids is 4. The van der Waals surface area contributed by atoms with Crippen molar-refractivity contribution in [3.05, 3.63) is 76.1 Å². The molecule has 154 valence electrons. The molecule has 0 bridgehead atoms. The van der Waals surface area contributed by atoms with Crippen molar-refractivity contribution in [2.45, 2.75) is 6.18 Å². The molecule has 0 saturated heterocycles. The number of hydrogen-bond donors (Lipinski definition) is 1. The predicted molar refractivity (Wildman–Crippen MR) is 98.3 cm³/mol. The molecule has 31 heavy (non-hydrogen) atoms. The quantitative estimate of drug-likeness (QED) is 0.474. The van der Waals surface area contributed by atoms with Gasteiger partial charge < -0.3 is 0 Å². The number of carbonyl (C=O) groups is 4. The van der Waals surface area contributed by atoms with Gasteiger partial charge in [0.05, 0.1) is 11.3 Å². The average Bonchev–Trinajstić information content (AvgIpc) is 2.70. The van der Waals surface area contributed by atoms with Crippen molar-refractivity contribution in [1.82, 2.24) is 5.32 Å². The van der Waals surface area contributed by atoms with E-state index in [0.29, 0.717) is 17.0 Å². The Morgan fingerprint density at radius 2 is 1.19 bits per heavy atom. The topological polar surface area (TPSA) is 83.6 Å². The molecule has 2 aliphatic rings. The summed E-state index contributed by atoms with van der Waals surface area (Å²) in [6.45, 7) is 0. The molecular weight excluding hydrogens is 420 g/mol. The van der Waals surface area contributed by atoms with E-state index in [2.05, 4.69) is 5.32 Å². The van der Waals surface area contributed by atoms with Gasteiger partial charge in [0.15, 0.2) is 0 Å². The minimum absolute atomic E-state index is 0.0719. The second-order valence-electron chi connectivity index (χ2n) is 6.96. The molecule has 0 atom stereocenters. The third kappa shape index (κ3) is 2.51. The maximum Gasteiger partial charge on any atom is 0.419 e. The molecule has 0 aliphatic carbocycles. The van der Waals surface area contributed by atoms with Crippen LogP contribution in [0.1, 0.15) is 47.0 Å². The highest BCUT2D eigenvalue weighted by Crippen LogP contribution is 2.39. The first kappa shape index (κ1) is 18.9. The van der Waals surface area contributed by atoms with Crippen molar-refractivity contribution < 1.29 is 36.7 Å². The van der Waals surface area contributed by atoms with Crippen LogP contribution in [0.15, 0.2) is 42.5 Å². The van der Waals surface area contributed by atoms with E-state index in [0.717, 1.165) is 6.07 Å². The van der Waals surface area contributed by atoms with Crippen molar-refractivity contribution in [2.75, 3.05) is 4.90 Å². The number of halogens is 4. The largest absolute Gasteiger partial charge is 0.419 e. The Morgan fingerprint density at radius 1 is 0.710 bits per heavy atom. The fourth-order valence-electron chi connectivity index (χ4n) is 3.91. The Bertz CT molecular complexity index is 1330. The van der Waals surface area contributed by atoms with Gasteiger partial charge in [-0.25, -0.2) is 9.29 Å². The summed E-state index contributed by atoms with van der Waals surface area (Å²) in [6, 6.07) is 6.92. The third-order valence-electron chi connectivity index (χ3n) is 5.26. The molecule has 3 aromatic carbocycles. The van der Waals surface area contributed by atoms with Crippen LogP contribution in [0.25, 0.3) is 10.8 Å². The molecule has 0 spiro atoms. The van der Waals surface area contributed by atoms with Crippen LogP contribution in [-0.2, 0) is 6.18 Å². The highest BCUT2D eigenvalue weighted by molar-refractivity contribution is 6.39. The van der Waals surface area contributed by atoms with E-state index in [1.807, 2.05) is 0 Å². The molecule has 0 saturated carbocycles. The molecule has 1 N–H and O–H groups in total. The van der Waals surface area contributed by atoms with Crippen LogP contribution in [0.5, 0.6) is 0 Å². The lowest BCUT2D eigenvalue weighted by atomic mass is 9.86. The summed E-state index contributed by atoms with van der Waals surface area (Å²) < 4.78 is 53.0. The number of hydrogen-bond acceptors (Lipinski definition) is 4. The van der Waals surface area contributed by atoms with Crippen LogP contribution in [0.4, 0.5) is 23.2 Å². The van der Waals surface area contributed by atoms with Crippen LogP contribution < -0.4 is 10.2 Å². The normalized spacial score (nSPS) is 15.5. The number of benzene rings is 3. The first-order valence-electron chi connectivity index (χ1n) is 8.80. The number of imide groups is 2. The summed E-state index contributed by atoms with van der Waals surface area (Å²) in [5, 5.41) is 2.35. The average molecular weight is 428 g/mol. The lowest BCUT2D eigenvalue weighted by molar-refractivity contribution is -0.139. The molecule has 2 aliphatic heterocycles. The maximum atomic E-state index is 13.7. The summed E-state index contributed by atoms with van der Waals surface area (Å²) in [7, 11) is 0. The zero-order valence-corrected chi connectivity index (χ0v) is 15.1. The molecule has 0 aromatic heterocycles. The molecule has 5 rings (SSSR count). The smallest absolute Gasteiger partial charge is 0.288 e. The van der Waals surface area contributed by atoms with E-state index < -0.39 is 46.9 Å². The van der Waals surface area contributed by atoms with Crippen molar-refractivity contribution in [3.8, 4) is 0 Å². The minimum atomic E-state index is -5.03. The highest BCUT2D eigenvalue weighted by atomic mass is 19.4. The second kappa shape index (κ2) is 5.97. The number of amides is 4. The summed E-state index contributed by atoms with van der Waals surface area (Å²) in [5.74, 6) is -4.86. The fraction of sp³-hybridized carbons (Fsp3) is 0.0476. The standard InChI is InChI=1S/C21H8F4N2O4/c22-14-6-1-8(7-13(14)21(23,24)25)27-19(30)11-4-2-9-15-10(18(29)26-17(9)28)3-5-12(16(11)15)20(27)31/h1-7H,(H,26,28,29). The van der Waals surface area contributed by atoms with Gasteiger partial charge in [-0.1, -0.05) is 0 Å². The van der Waals surface area contributed by atoms with Gasteiger partial charge >= 0.3 is 6.18 Å². The zero-order chi connectivity index (χ0) is 22.2. The Kier molecular flexibility index (Phi) is 3.64. The van der Waals surface area contributed by atoms with Crippen LogP contribution in [0.2, 0.25) is 0 Å². The van der Waals surface area contributed by atoms with Gasteiger partial charge in [-0.05, 0) is 42.5 Å². The monoisotopic (exact) mass is 428 g/mol. The molecule has 0 radical (unpaired) electrons. The number of nitrogens with zero attached hydrogens (tertiary/aromatic N) is 1. The van der Waals surface area contributed by atoms with Crippen molar-refractivity contribution in [3.63, 3.8) is 0 Å². The third-order valence-corrected chi connectivity index (χ3v) is 5.26. The van der Waals surface area contributed by atoms with E-state index in [1.165, 1.54) is 24.3 Å². The molecule has 3 aromatic rings. The van der Waals surface area contributed by atoms with E-state index in [1.54, 1.807) is 0 Å². The first-order valence-corrected chi connectivity index (χ1v) is 8.80. The Labute approximate surface area is 170 Å². The van der Waals surface area contributed by atoms with Crippen LogP contribution in [0, 0.1) is 5.82 Å². The Balaban J connectivity index is 1.76. The lowest BCUT2D eigenvalue weighted by Gasteiger charge is -2.29. The van der Waals surface area contributed by atoms with Crippen molar-refractivity contribution >= 4 is 40.1 Å². The van der Waals surface area contributed by atoms with Crippen molar-refractivity contribution in [1.29, 1.82) is 0 Å². The van der Waals surface area contributed by atoms with Gasteiger partial charge in [0, 0.05) is 33.0 Å². The maximum absolute atomic E-state index is 13.7. The molecule has 2 heterocycles. The van der Waals surface area contributed by atoms with Gasteiger partial charge in [-0.2, -0.15) is 13.2 Å². The van der Waals surface area contributed by atoms with E-state index in [4.69, 9.17) is 0 Å². The summed E-state index contributed by atoms with van der Waals surface area (Å²) >= 11 is 0. The Hall–Kier alpha value is -4.08. The highest BCUT2D eigenvalue weighted by Gasteiger charge is 2.40. The summed E-state index contributed by atoms with van der Waals surface area (Å²) in [5.41, 5.74) is -2.05. The van der Waals surface area contributed by atoms with E-state index in [-0.39, 0.29) is 33.0 Å². The molecule has 0 unspecified atom stereocenters. The van der Waals surface area contributed by atoms with Gasteiger partial charge in [0.25, 0.3) is 23.6 Å². The van der Waals surface area contributed by atoms with Gasteiger partial charge in [-0.15, -0.1) is 0 Å². The van der Waals surface area contributed by atoms with Crippen LogP contribution in [0.3, 0.4) is 0 Å². The first-order chi connectivity index (χ1) is 14.6. The number of alkyl halides is 3. The van der Waals surface area contributed by atoms with E-state index in [9.17, 15) is 36.7 Å². The molecular formula is C21H8F4N2O4. The summed E-state index contributed by atoms with van der Waals surface area (Å²) in [4.78, 5) is 51.0. The molecule has 6 nitrogen and oxygen atoms in total. The number of nitrogens with one attached hydrogen (secondary N) is 1. The fourth-order valence-corrected chi connectivity index (χ4v) is 3.91. The van der Waals surface area contributed by atoms with Crippen molar-refractivity contribution in [2.24, 2.45) is 0 Å². The number of rotatable bonds is 1. The minimum Gasteiger partial charge on any atom is -0.288 e. The lowest BCUT2D eigenvalue weighted by Crippen LogP contribution is -2.42. The molecule has 0 fully saturated rings. The van der Waals surface area contributed by atoms with Crippen LogP contribution >= 0.6 is 0 Å². The SMILES string of the molecule is O=C1NC(=O)c2ccc3c4c(ccc1c24)C(=O)N(c1ccc(F)c(C(F)(F)F)c1)C3=O. The predicted octanol–water partition coefficient (Wildman–Crippen LogP) is 3.68. The Morgan fingerprint density at radius 3 is 1.71 bits per heavy atom. The second-order valence-corrected chi connectivity index (χ2v) is 6.96. The number of anilines is 1. The van der Waals surface area contributed by atoms with Crippen LogP contribution in [-0.4, -0.2) is 23.6 Å². The zero-order valence-electron chi connectivity index (χ0n) is 15.1. The van der Waals surface area contributed by atoms with Gasteiger partial charge in [0.1, 0.15) is 5.82 Å².